The normalized spacial score (nSPS) is 11.9. The fourth-order valence-corrected chi connectivity index (χ4v) is 4.49. The van der Waals surface area contributed by atoms with Crippen LogP contribution in [-0.2, 0) is 16.6 Å². The van der Waals surface area contributed by atoms with Gasteiger partial charge >= 0.3 is 0 Å². The van der Waals surface area contributed by atoms with Crippen molar-refractivity contribution in [3.05, 3.63) is 53.1 Å². The number of nitrogens with zero attached hydrogens (tertiary/aromatic N) is 2. The van der Waals surface area contributed by atoms with Crippen LogP contribution in [0.4, 0.5) is 5.95 Å². The van der Waals surface area contributed by atoms with Crippen molar-refractivity contribution in [1.82, 2.24) is 14.3 Å². The molecule has 1 aromatic heterocycles. The number of rotatable bonds is 7. The van der Waals surface area contributed by atoms with E-state index in [1.165, 1.54) is 18.2 Å². The van der Waals surface area contributed by atoms with Crippen molar-refractivity contribution in [1.29, 1.82) is 0 Å². The van der Waals surface area contributed by atoms with Crippen LogP contribution in [0.2, 0.25) is 5.02 Å². The molecule has 0 unspecified atom stereocenters. The van der Waals surface area contributed by atoms with Gasteiger partial charge in [-0.2, -0.15) is 0 Å². The number of benzene rings is 2. The number of nitrogens with one attached hydrogen (secondary N) is 2. The molecule has 9 heteroatoms. The van der Waals surface area contributed by atoms with Crippen LogP contribution in [0.1, 0.15) is 37.6 Å². The Hall–Kier alpha value is -2.42. The Morgan fingerprint density at radius 1 is 1.21 bits per heavy atom. The van der Waals surface area contributed by atoms with Crippen LogP contribution in [0.25, 0.3) is 11.0 Å². The zero-order valence-electron chi connectivity index (χ0n) is 16.4. The van der Waals surface area contributed by atoms with Gasteiger partial charge in [-0.15, -0.1) is 0 Å². The van der Waals surface area contributed by atoms with Crippen molar-refractivity contribution in [2.45, 2.75) is 44.7 Å². The van der Waals surface area contributed by atoms with E-state index in [-0.39, 0.29) is 21.5 Å². The molecule has 154 valence electrons. The molecule has 0 aliphatic heterocycles. The van der Waals surface area contributed by atoms with Crippen molar-refractivity contribution >= 4 is 44.5 Å². The van der Waals surface area contributed by atoms with Crippen molar-refractivity contribution in [3.8, 4) is 0 Å². The molecule has 1 amide bonds. The van der Waals surface area contributed by atoms with Gasteiger partial charge in [-0.05, 0) is 50.6 Å². The SMILES string of the molecule is CCCn1c(NC(=O)c2cc(S(=O)(=O)NC(C)C)ccc2Cl)nc2ccccc21. The van der Waals surface area contributed by atoms with Gasteiger partial charge in [-0.25, -0.2) is 18.1 Å². The molecule has 0 saturated carbocycles. The molecule has 3 rings (SSSR count). The third kappa shape index (κ3) is 4.60. The maximum Gasteiger partial charge on any atom is 0.259 e. The molecule has 0 radical (unpaired) electrons. The topological polar surface area (TPSA) is 93.1 Å². The molecule has 0 saturated heterocycles. The van der Waals surface area contributed by atoms with E-state index in [4.69, 9.17) is 11.6 Å². The Morgan fingerprint density at radius 3 is 2.62 bits per heavy atom. The number of aryl methyl sites for hydroxylation is 1. The zero-order chi connectivity index (χ0) is 21.2. The van der Waals surface area contributed by atoms with Crippen LogP contribution in [0, 0.1) is 0 Å². The summed E-state index contributed by atoms with van der Waals surface area (Å²) in [7, 11) is -3.75. The Bertz CT molecular complexity index is 1160. The van der Waals surface area contributed by atoms with E-state index >= 15 is 0 Å². The number of para-hydroxylation sites is 2. The first-order valence-electron chi connectivity index (χ1n) is 9.31. The third-order valence-electron chi connectivity index (χ3n) is 4.21. The van der Waals surface area contributed by atoms with Crippen LogP contribution < -0.4 is 10.0 Å². The average Bonchev–Trinajstić information content (AvgIpc) is 2.98. The van der Waals surface area contributed by atoms with Crippen molar-refractivity contribution in [2.75, 3.05) is 5.32 Å². The van der Waals surface area contributed by atoms with E-state index in [2.05, 4.69) is 15.0 Å². The molecular weight excluding hydrogens is 412 g/mol. The van der Waals surface area contributed by atoms with Crippen LogP contribution in [0.3, 0.4) is 0 Å². The number of halogens is 1. The number of imidazole rings is 1. The second-order valence-corrected chi connectivity index (χ2v) is 9.07. The molecule has 0 atom stereocenters. The number of aromatic nitrogens is 2. The van der Waals surface area contributed by atoms with Gasteiger partial charge < -0.3 is 4.57 Å². The van der Waals surface area contributed by atoms with Crippen molar-refractivity contribution in [3.63, 3.8) is 0 Å². The Morgan fingerprint density at radius 2 is 1.93 bits per heavy atom. The Kier molecular flexibility index (Phi) is 6.26. The van der Waals surface area contributed by atoms with E-state index in [1.807, 2.05) is 35.8 Å². The van der Waals surface area contributed by atoms with Gasteiger partial charge in [-0.3, -0.25) is 10.1 Å². The quantitative estimate of drug-likeness (QED) is 0.586. The Balaban J connectivity index is 1.97. The van der Waals surface area contributed by atoms with Gasteiger partial charge in [0.25, 0.3) is 5.91 Å². The molecule has 0 aliphatic rings. The highest BCUT2D eigenvalue weighted by atomic mass is 35.5. The second kappa shape index (κ2) is 8.52. The molecule has 0 spiro atoms. The van der Waals surface area contributed by atoms with Gasteiger partial charge in [0.1, 0.15) is 0 Å². The summed E-state index contributed by atoms with van der Waals surface area (Å²) in [5.41, 5.74) is 1.74. The molecule has 3 aromatic rings. The average molecular weight is 435 g/mol. The monoisotopic (exact) mass is 434 g/mol. The van der Waals surface area contributed by atoms with Crippen LogP contribution in [-0.4, -0.2) is 29.9 Å². The smallest absolute Gasteiger partial charge is 0.259 e. The maximum absolute atomic E-state index is 12.9. The summed E-state index contributed by atoms with van der Waals surface area (Å²) in [5.74, 6) is -0.132. The third-order valence-corrected chi connectivity index (χ3v) is 6.20. The lowest BCUT2D eigenvalue weighted by molar-refractivity contribution is 0.102. The molecule has 2 N–H and O–H groups in total. The van der Waals surface area contributed by atoms with Gasteiger partial charge in [0.2, 0.25) is 16.0 Å². The van der Waals surface area contributed by atoms with Crippen LogP contribution in [0.5, 0.6) is 0 Å². The van der Waals surface area contributed by atoms with E-state index in [0.29, 0.717) is 12.5 Å². The molecule has 0 fully saturated rings. The predicted octanol–water partition coefficient (Wildman–Crippen LogP) is 4.04. The summed E-state index contributed by atoms with van der Waals surface area (Å²) >= 11 is 6.19. The molecule has 0 bridgehead atoms. The largest absolute Gasteiger partial charge is 0.310 e. The number of amides is 1. The summed E-state index contributed by atoms with van der Waals surface area (Å²) in [5, 5.41) is 2.93. The van der Waals surface area contributed by atoms with E-state index in [9.17, 15) is 13.2 Å². The number of fused-ring (bicyclic) bond motifs is 1. The number of carbonyl (C=O) groups excluding carboxylic acids is 1. The second-order valence-electron chi connectivity index (χ2n) is 6.95. The molecule has 2 aromatic carbocycles. The number of hydrogen-bond acceptors (Lipinski definition) is 4. The van der Waals surface area contributed by atoms with E-state index in [1.54, 1.807) is 13.8 Å². The summed E-state index contributed by atoms with van der Waals surface area (Å²) < 4.78 is 29.3. The van der Waals surface area contributed by atoms with Crippen molar-refractivity contribution in [2.24, 2.45) is 0 Å². The first-order valence-corrected chi connectivity index (χ1v) is 11.2. The van der Waals surface area contributed by atoms with Crippen molar-refractivity contribution < 1.29 is 13.2 Å². The van der Waals surface area contributed by atoms with Crippen LogP contribution >= 0.6 is 11.6 Å². The maximum atomic E-state index is 12.9. The summed E-state index contributed by atoms with van der Waals surface area (Å²) in [6, 6.07) is 11.4. The van der Waals surface area contributed by atoms with E-state index in [0.717, 1.165) is 17.5 Å². The molecule has 0 aliphatic carbocycles. The summed E-state index contributed by atoms with van der Waals surface area (Å²) in [6.07, 6.45) is 0.860. The predicted molar refractivity (Wildman–Crippen MR) is 115 cm³/mol. The standard InChI is InChI=1S/C20H23ClN4O3S/c1-4-11-25-18-8-6-5-7-17(18)22-20(25)23-19(26)15-12-14(9-10-16(15)21)29(27,28)24-13(2)3/h5-10,12-13,24H,4,11H2,1-3H3,(H,22,23,26). The minimum Gasteiger partial charge on any atom is -0.310 e. The van der Waals surface area contributed by atoms with E-state index < -0.39 is 15.9 Å². The lowest BCUT2D eigenvalue weighted by atomic mass is 10.2. The lowest BCUT2D eigenvalue weighted by Gasteiger charge is -2.12. The molecule has 29 heavy (non-hydrogen) atoms. The first kappa shape index (κ1) is 21.3. The highest BCUT2D eigenvalue weighted by Gasteiger charge is 2.21. The number of anilines is 1. The summed E-state index contributed by atoms with van der Waals surface area (Å²) in [4.78, 5) is 17.4. The zero-order valence-corrected chi connectivity index (χ0v) is 18.0. The Labute approximate surface area is 175 Å². The minimum atomic E-state index is -3.75. The van der Waals surface area contributed by atoms with Gasteiger partial charge in [0, 0.05) is 12.6 Å². The van der Waals surface area contributed by atoms with Gasteiger partial charge in [-0.1, -0.05) is 30.7 Å². The number of carbonyl (C=O) groups is 1. The highest BCUT2D eigenvalue weighted by Crippen LogP contribution is 2.24. The van der Waals surface area contributed by atoms with Crippen LogP contribution in [0.15, 0.2) is 47.4 Å². The first-order chi connectivity index (χ1) is 13.7. The fourth-order valence-electron chi connectivity index (χ4n) is 3.01. The van der Waals surface area contributed by atoms with Gasteiger partial charge in [0.15, 0.2) is 0 Å². The molecule has 1 heterocycles. The fraction of sp³-hybridized carbons (Fsp3) is 0.300. The van der Waals surface area contributed by atoms with Gasteiger partial charge in [0.05, 0.1) is 26.5 Å². The lowest BCUT2D eigenvalue weighted by Crippen LogP contribution is -2.30. The molecule has 7 nitrogen and oxygen atoms in total. The highest BCUT2D eigenvalue weighted by molar-refractivity contribution is 7.89. The summed E-state index contributed by atoms with van der Waals surface area (Å²) in [6.45, 7) is 6.16. The molecular formula is C20H23ClN4O3S. The number of hydrogen-bond donors (Lipinski definition) is 2. The minimum absolute atomic E-state index is 0.0252. The number of sulfonamides is 1.